The molecule has 53 heavy (non-hydrogen) atoms. The zero-order valence-corrected chi connectivity index (χ0v) is 31.2. The monoisotopic (exact) mass is 710 g/mol. The second kappa shape index (κ2) is 14.4. The first-order valence-electron chi connectivity index (χ1n) is 19.0. The van der Waals surface area contributed by atoms with Gasteiger partial charge in [0.25, 0.3) is 5.91 Å². The van der Waals surface area contributed by atoms with E-state index in [0.29, 0.717) is 34.6 Å². The Morgan fingerprint density at radius 3 is 2.40 bits per heavy atom. The average Bonchev–Trinajstić information content (AvgIpc) is 3.41. The minimum absolute atomic E-state index is 0.00510. The summed E-state index contributed by atoms with van der Waals surface area (Å²) < 4.78 is 13.7. The number of nitrogens with zero attached hydrogens (tertiary/aromatic N) is 3. The molecule has 6 unspecified atom stereocenters. The number of aliphatic hydroxyl groups is 1. The van der Waals surface area contributed by atoms with Crippen LogP contribution in [0.25, 0.3) is 22.2 Å². The molecule has 2 saturated heterocycles. The Bertz CT molecular complexity index is 2080. The third-order valence-electron chi connectivity index (χ3n) is 11.6. The van der Waals surface area contributed by atoms with E-state index in [1.807, 2.05) is 48.5 Å². The Hall–Kier alpha value is -4.47. The van der Waals surface area contributed by atoms with Gasteiger partial charge in [0, 0.05) is 37.2 Å². The normalized spacial score (nSPS) is 26.8. The number of rotatable bonds is 9. The maximum absolute atomic E-state index is 12.9. The maximum atomic E-state index is 12.9. The molecule has 1 aliphatic carbocycles. The Morgan fingerprint density at radius 2 is 1.62 bits per heavy atom. The smallest absolute Gasteiger partial charge is 0.271 e. The summed E-state index contributed by atoms with van der Waals surface area (Å²) in [5.41, 5.74) is 8.56. The predicted molar refractivity (Wildman–Crippen MR) is 207 cm³/mol. The van der Waals surface area contributed by atoms with Gasteiger partial charge in [-0.05, 0) is 76.1 Å². The van der Waals surface area contributed by atoms with Crippen molar-refractivity contribution >= 4 is 16.9 Å². The number of fused-ring (bicyclic) bond motifs is 3. The summed E-state index contributed by atoms with van der Waals surface area (Å²) in [5, 5.41) is 12.7. The molecule has 1 saturated carbocycles. The first-order chi connectivity index (χ1) is 25.5. The number of carbonyl (C=O) groups is 1. The lowest BCUT2D eigenvalue weighted by Gasteiger charge is -2.43. The number of para-hydroxylation sites is 2. The van der Waals surface area contributed by atoms with E-state index in [4.69, 9.17) is 9.47 Å². The van der Waals surface area contributed by atoms with Crippen molar-refractivity contribution in [3.63, 3.8) is 0 Å². The number of amides is 1. The van der Waals surface area contributed by atoms with Crippen molar-refractivity contribution < 1.29 is 19.4 Å². The van der Waals surface area contributed by atoms with Gasteiger partial charge in [-0.2, -0.15) is 0 Å². The fourth-order valence-electron chi connectivity index (χ4n) is 9.38. The van der Waals surface area contributed by atoms with Crippen LogP contribution in [0.2, 0.25) is 0 Å². The van der Waals surface area contributed by atoms with E-state index in [9.17, 15) is 9.90 Å². The van der Waals surface area contributed by atoms with Crippen molar-refractivity contribution in [3.8, 4) is 11.1 Å². The van der Waals surface area contributed by atoms with Crippen LogP contribution in [0.5, 0.6) is 0 Å². The van der Waals surface area contributed by atoms with Crippen LogP contribution in [-0.2, 0) is 22.6 Å². The first-order valence-corrected chi connectivity index (χ1v) is 19.0. The van der Waals surface area contributed by atoms with Gasteiger partial charge in [0.15, 0.2) is 6.29 Å². The summed E-state index contributed by atoms with van der Waals surface area (Å²) in [6, 6.07) is 32.9. The van der Waals surface area contributed by atoms with E-state index in [1.54, 1.807) is 0 Å². The quantitative estimate of drug-likeness (QED) is 0.159. The highest BCUT2D eigenvalue weighted by Gasteiger charge is 2.51. The van der Waals surface area contributed by atoms with Crippen LogP contribution in [-0.4, -0.2) is 51.1 Å². The third kappa shape index (κ3) is 7.64. The van der Waals surface area contributed by atoms with E-state index in [0.717, 1.165) is 52.0 Å². The Balaban J connectivity index is 0.983. The van der Waals surface area contributed by atoms with Gasteiger partial charge in [0.2, 0.25) is 0 Å². The number of hydrogen-bond donors (Lipinski definition) is 2. The fourth-order valence-corrected chi connectivity index (χ4v) is 9.38. The van der Waals surface area contributed by atoms with Crippen LogP contribution in [0.1, 0.15) is 92.1 Å². The highest BCUT2D eigenvalue weighted by atomic mass is 16.7. The van der Waals surface area contributed by atoms with E-state index in [1.165, 1.54) is 25.5 Å². The Morgan fingerprint density at radius 1 is 0.868 bits per heavy atom. The highest BCUT2D eigenvalue weighted by Crippen LogP contribution is 2.53. The number of hydrogen-bond acceptors (Lipinski definition) is 7. The van der Waals surface area contributed by atoms with Crippen molar-refractivity contribution in [1.29, 1.82) is 0 Å². The van der Waals surface area contributed by atoms with Gasteiger partial charge in [0.05, 0.1) is 36.0 Å². The lowest BCUT2D eigenvalue weighted by molar-refractivity contribution is -0.276. The molecule has 0 spiro atoms. The molecule has 1 amide bonds. The van der Waals surface area contributed by atoms with Crippen LogP contribution in [0.3, 0.4) is 0 Å². The summed E-state index contributed by atoms with van der Waals surface area (Å²) in [5.74, 6) is -0.116. The van der Waals surface area contributed by atoms with E-state index < -0.39 is 6.29 Å². The van der Waals surface area contributed by atoms with Gasteiger partial charge in [-0.15, -0.1) is 0 Å². The van der Waals surface area contributed by atoms with Crippen LogP contribution in [0.4, 0.5) is 0 Å². The molecule has 3 fully saturated rings. The van der Waals surface area contributed by atoms with E-state index in [-0.39, 0.29) is 30.6 Å². The molecule has 2 bridgehead atoms. The number of benzene rings is 4. The molecule has 2 aliphatic heterocycles. The second-order valence-electron chi connectivity index (χ2n) is 16.7. The zero-order chi connectivity index (χ0) is 36.7. The van der Waals surface area contributed by atoms with Gasteiger partial charge in [0.1, 0.15) is 5.69 Å². The summed E-state index contributed by atoms with van der Waals surface area (Å²) >= 11 is 0. The van der Waals surface area contributed by atoms with E-state index >= 15 is 0 Å². The molecule has 1 aromatic heterocycles. The molecule has 4 aromatic carbocycles. The maximum Gasteiger partial charge on any atom is 0.271 e. The molecule has 6 atom stereocenters. The largest absolute Gasteiger partial charge is 0.392 e. The SMILES string of the molecule is CC1C(CN2CC3(C)CC2CC(C)(C)C3)OC(c2ccc(-c3cccc(CNC(=O)c4cnc5ccccc5n4)c3)cc2)OC1c1ccc(CO)cc1. The Labute approximate surface area is 312 Å². The van der Waals surface area contributed by atoms with Crippen molar-refractivity contribution in [2.45, 2.75) is 84.6 Å². The van der Waals surface area contributed by atoms with Gasteiger partial charge in [-0.1, -0.05) is 107 Å². The second-order valence-corrected chi connectivity index (χ2v) is 16.7. The molecule has 8 nitrogen and oxygen atoms in total. The number of aromatic nitrogens is 2. The van der Waals surface area contributed by atoms with Crippen molar-refractivity contribution in [1.82, 2.24) is 20.2 Å². The molecule has 0 radical (unpaired) electrons. The van der Waals surface area contributed by atoms with Gasteiger partial charge in [-0.3, -0.25) is 14.7 Å². The first kappa shape index (κ1) is 35.6. The van der Waals surface area contributed by atoms with E-state index in [2.05, 4.69) is 96.4 Å². The molecule has 3 heterocycles. The highest BCUT2D eigenvalue weighted by molar-refractivity contribution is 5.93. The molecule has 5 aromatic rings. The number of likely N-dealkylation sites (tertiary alicyclic amines) is 1. The summed E-state index contributed by atoms with van der Waals surface area (Å²) in [6.07, 6.45) is 4.61. The molecule has 2 N–H and O–H groups in total. The van der Waals surface area contributed by atoms with Gasteiger partial charge in [-0.25, -0.2) is 4.98 Å². The predicted octanol–water partition coefficient (Wildman–Crippen LogP) is 8.41. The van der Waals surface area contributed by atoms with Gasteiger partial charge < -0.3 is 19.9 Å². The lowest BCUT2D eigenvalue weighted by atomic mass is 9.65. The molecule has 8 heteroatoms. The molecular weight excluding hydrogens is 661 g/mol. The fraction of sp³-hybridized carbons (Fsp3) is 0.400. The minimum Gasteiger partial charge on any atom is -0.392 e. The van der Waals surface area contributed by atoms with Crippen LogP contribution >= 0.6 is 0 Å². The Kier molecular flexibility index (Phi) is 9.66. The number of nitrogens with one attached hydrogen (secondary N) is 1. The average molecular weight is 711 g/mol. The minimum atomic E-state index is -0.512. The number of carbonyl (C=O) groups excluding carboxylic acids is 1. The van der Waals surface area contributed by atoms with Crippen LogP contribution in [0, 0.1) is 16.7 Å². The summed E-state index contributed by atoms with van der Waals surface area (Å²) in [7, 11) is 0. The molecule has 274 valence electrons. The standard InChI is InChI=1S/C45H50N4O4/c1-29-40(25-49-28-45(4)22-36(49)21-44(2,3)27-45)52-43(53-41(29)33-14-12-30(26-50)13-15-33)34-18-16-32(17-19-34)35-9-7-8-31(20-35)23-47-42(51)39-24-46-37-10-5-6-11-38(37)48-39/h5-20,24,29,36,40-41,43,50H,21-23,25-28H2,1-4H3,(H,47,51). The third-order valence-corrected chi connectivity index (χ3v) is 11.6. The van der Waals surface area contributed by atoms with Crippen LogP contribution in [0.15, 0.2) is 103 Å². The molecule has 8 rings (SSSR count). The zero-order valence-electron chi connectivity index (χ0n) is 31.2. The lowest BCUT2D eigenvalue weighted by Crippen LogP contribution is -2.46. The molecule has 3 aliphatic rings. The number of ether oxygens (including phenoxy) is 2. The summed E-state index contributed by atoms with van der Waals surface area (Å²) in [6.45, 7) is 12.0. The van der Waals surface area contributed by atoms with Crippen molar-refractivity contribution in [3.05, 3.63) is 131 Å². The number of aliphatic hydroxyl groups excluding tert-OH is 1. The van der Waals surface area contributed by atoms with Crippen molar-refractivity contribution in [2.75, 3.05) is 13.1 Å². The topological polar surface area (TPSA) is 96.8 Å². The van der Waals surface area contributed by atoms with Crippen LogP contribution < -0.4 is 5.32 Å². The summed E-state index contributed by atoms with van der Waals surface area (Å²) in [4.78, 5) is 24.5. The molecular formula is C45H50N4O4. The van der Waals surface area contributed by atoms with Crippen molar-refractivity contribution in [2.24, 2.45) is 16.7 Å². The van der Waals surface area contributed by atoms with Gasteiger partial charge >= 0.3 is 0 Å².